The fourth-order valence-electron chi connectivity index (χ4n) is 2.30. The van der Waals surface area contributed by atoms with E-state index in [2.05, 4.69) is 15.5 Å². The van der Waals surface area contributed by atoms with E-state index in [9.17, 15) is 4.79 Å². The monoisotopic (exact) mass is 351 g/mol. The van der Waals surface area contributed by atoms with Crippen LogP contribution in [0.3, 0.4) is 0 Å². The number of carbonyl (C=O) groups excluding carboxylic acids is 1. The van der Waals surface area contributed by atoms with Gasteiger partial charge in [-0.05, 0) is 50.3 Å². The predicted octanol–water partition coefficient (Wildman–Crippen LogP) is 1.87. The lowest BCUT2D eigenvalue weighted by atomic mass is 10.2. The number of morpholine rings is 1. The molecular weight excluding hydrogens is 326 g/mol. The first-order chi connectivity index (χ1) is 11.5. The molecule has 7 heteroatoms. The number of thiocarbonyl (C=S) groups is 1. The normalized spacial score (nSPS) is 15.1. The van der Waals surface area contributed by atoms with Gasteiger partial charge in [-0.15, -0.1) is 0 Å². The van der Waals surface area contributed by atoms with Crippen molar-refractivity contribution in [3.8, 4) is 0 Å². The van der Waals surface area contributed by atoms with Crippen molar-refractivity contribution in [2.45, 2.75) is 20.0 Å². The number of hydrogen-bond donors (Lipinski definition) is 2. The Labute approximate surface area is 148 Å². The summed E-state index contributed by atoms with van der Waals surface area (Å²) in [5.74, 6) is -0.317. The largest absolute Gasteiger partial charge is 0.459 e. The molecule has 0 unspecified atom stereocenters. The lowest BCUT2D eigenvalue weighted by molar-refractivity contribution is 0.0377. The Morgan fingerprint density at radius 1 is 1.29 bits per heavy atom. The molecule has 1 saturated heterocycles. The Kier molecular flexibility index (Phi) is 7.42. The molecule has 132 valence electrons. The van der Waals surface area contributed by atoms with Gasteiger partial charge in [-0.1, -0.05) is 0 Å². The number of rotatable bonds is 6. The molecule has 1 aliphatic rings. The molecule has 0 aromatic heterocycles. The van der Waals surface area contributed by atoms with Crippen molar-refractivity contribution in [1.29, 1.82) is 0 Å². The maximum absolute atomic E-state index is 11.8. The minimum absolute atomic E-state index is 0.126. The Morgan fingerprint density at radius 2 is 1.96 bits per heavy atom. The molecule has 0 spiro atoms. The minimum atomic E-state index is -0.317. The summed E-state index contributed by atoms with van der Waals surface area (Å²) < 4.78 is 10.5. The van der Waals surface area contributed by atoms with Crippen molar-refractivity contribution >= 4 is 29.0 Å². The van der Waals surface area contributed by atoms with Gasteiger partial charge in [0.25, 0.3) is 0 Å². The lowest BCUT2D eigenvalue weighted by Crippen LogP contribution is -2.42. The maximum atomic E-state index is 11.8. The lowest BCUT2D eigenvalue weighted by Gasteiger charge is -2.26. The predicted molar refractivity (Wildman–Crippen MR) is 98.5 cm³/mol. The number of anilines is 1. The Hall–Kier alpha value is -1.70. The van der Waals surface area contributed by atoms with Crippen LogP contribution >= 0.6 is 12.2 Å². The molecular formula is C17H25N3O3S. The first kappa shape index (κ1) is 18.6. The summed E-state index contributed by atoms with van der Waals surface area (Å²) in [6.07, 6.45) is -0.126. The van der Waals surface area contributed by atoms with E-state index in [0.29, 0.717) is 10.7 Å². The second-order valence-electron chi connectivity index (χ2n) is 5.87. The Balaban J connectivity index is 1.72. The first-order valence-corrected chi connectivity index (χ1v) is 8.61. The molecule has 1 aromatic carbocycles. The fourth-order valence-corrected chi connectivity index (χ4v) is 2.52. The van der Waals surface area contributed by atoms with Crippen molar-refractivity contribution in [2.24, 2.45) is 0 Å². The zero-order valence-electron chi connectivity index (χ0n) is 14.2. The third-order valence-corrected chi connectivity index (χ3v) is 3.78. The molecule has 1 fully saturated rings. The Morgan fingerprint density at radius 3 is 2.58 bits per heavy atom. The number of hydrogen-bond acceptors (Lipinski definition) is 5. The molecule has 0 radical (unpaired) electrons. The van der Waals surface area contributed by atoms with Crippen molar-refractivity contribution in [2.75, 3.05) is 44.7 Å². The van der Waals surface area contributed by atoms with Gasteiger partial charge in [0.15, 0.2) is 5.11 Å². The number of ether oxygens (including phenoxy) is 2. The van der Waals surface area contributed by atoms with Gasteiger partial charge in [0.2, 0.25) is 0 Å². The van der Waals surface area contributed by atoms with E-state index >= 15 is 0 Å². The third kappa shape index (κ3) is 6.43. The number of nitrogens with zero attached hydrogens (tertiary/aromatic N) is 1. The van der Waals surface area contributed by atoms with E-state index in [1.807, 2.05) is 26.0 Å². The fraction of sp³-hybridized carbons (Fsp3) is 0.529. The third-order valence-electron chi connectivity index (χ3n) is 3.54. The average Bonchev–Trinajstić information content (AvgIpc) is 2.56. The van der Waals surface area contributed by atoms with Crippen LogP contribution in [-0.4, -0.2) is 61.5 Å². The second-order valence-corrected chi connectivity index (χ2v) is 6.27. The maximum Gasteiger partial charge on any atom is 0.338 e. The molecule has 1 aromatic rings. The summed E-state index contributed by atoms with van der Waals surface area (Å²) in [5.41, 5.74) is 1.36. The van der Waals surface area contributed by atoms with Gasteiger partial charge in [0, 0.05) is 31.9 Å². The molecule has 0 saturated carbocycles. The number of carbonyl (C=O) groups is 1. The van der Waals surface area contributed by atoms with Gasteiger partial charge < -0.3 is 20.1 Å². The second kappa shape index (κ2) is 9.56. The van der Waals surface area contributed by atoms with Crippen LogP contribution in [-0.2, 0) is 9.47 Å². The summed E-state index contributed by atoms with van der Waals surface area (Å²) in [6.45, 7) is 8.91. The summed E-state index contributed by atoms with van der Waals surface area (Å²) in [7, 11) is 0. The highest BCUT2D eigenvalue weighted by Gasteiger charge is 2.10. The topological polar surface area (TPSA) is 62.8 Å². The van der Waals surface area contributed by atoms with E-state index in [1.54, 1.807) is 12.1 Å². The highest BCUT2D eigenvalue weighted by molar-refractivity contribution is 7.80. The van der Waals surface area contributed by atoms with Crippen LogP contribution in [0, 0.1) is 0 Å². The highest BCUT2D eigenvalue weighted by atomic mass is 32.1. The SMILES string of the molecule is CC(C)OC(=O)c1ccc(NC(=S)NCCN2CCOCC2)cc1. The van der Waals surface area contributed by atoms with Crippen molar-refractivity contribution in [3.63, 3.8) is 0 Å². The molecule has 6 nitrogen and oxygen atoms in total. The van der Waals surface area contributed by atoms with Gasteiger partial charge in [-0.25, -0.2) is 4.79 Å². The van der Waals surface area contributed by atoms with Gasteiger partial charge >= 0.3 is 5.97 Å². The molecule has 2 N–H and O–H groups in total. The van der Waals surface area contributed by atoms with E-state index in [0.717, 1.165) is 45.1 Å². The molecule has 24 heavy (non-hydrogen) atoms. The quantitative estimate of drug-likeness (QED) is 0.599. The van der Waals surface area contributed by atoms with Crippen LogP contribution in [0.15, 0.2) is 24.3 Å². The van der Waals surface area contributed by atoms with Crippen molar-refractivity contribution < 1.29 is 14.3 Å². The van der Waals surface area contributed by atoms with E-state index in [1.165, 1.54) is 0 Å². The molecule has 0 aliphatic carbocycles. The number of benzene rings is 1. The summed E-state index contributed by atoms with van der Waals surface area (Å²) in [6, 6.07) is 7.08. The Bertz CT molecular complexity index is 543. The molecule has 1 aliphatic heterocycles. The van der Waals surface area contributed by atoms with Gasteiger partial charge in [0.1, 0.15) is 0 Å². The van der Waals surface area contributed by atoms with E-state index < -0.39 is 0 Å². The summed E-state index contributed by atoms with van der Waals surface area (Å²) >= 11 is 5.29. The van der Waals surface area contributed by atoms with Gasteiger partial charge in [-0.2, -0.15) is 0 Å². The highest BCUT2D eigenvalue weighted by Crippen LogP contribution is 2.11. The number of nitrogens with one attached hydrogen (secondary N) is 2. The van der Waals surface area contributed by atoms with Crippen molar-refractivity contribution in [1.82, 2.24) is 10.2 Å². The van der Waals surface area contributed by atoms with E-state index in [4.69, 9.17) is 21.7 Å². The smallest absolute Gasteiger partial charge is 0.338 e. The van der Waals surface area contributed by atoms with E-state index in [-0.39, 0.29) is 12.1 Å². The average molecular weight is 351 g/mol. The zero-order chi connectivity index (χ0) is 17.4. The standard InChI is InChI=1S/C17H25N3O3S/c1-13(2)23-16(21)14-3-5-15(6-4-14)19-17(24)18-7-8-20-9-11-22-12-10-20/h3-6,13H,7-12H2,1-2H3,(H2,18,19,24). The first-order valence-electron chi connectivity index (χ1n) is 8.20. The summed E-state index contributed by atoms with van der Waals surface area (Å²) in [5, 5.41) is 6.87. The van der Waals surface area contributed by atoms with Crippen LogP contribution in [0.1, 0.15) is 24.2 Å². The van der Waals surface area contributed by atoms with Crippen molar-refractivity contribution in [3.05, 3.63) is 29.8 Å². The number of esters is 1. The van der Waals surface area contributed by atoms with Crippen LogP contribution in [0.25, 0.3) is 0 Å². The van der Waals surface area contributed by atoms with Crippen LogP contribution < -0.4 is 10.6 Å². The molecule has 2 rings (SSSR count). The van der Waals surface area contributed by atoms with Crippen LogP contribution in [0.4, 0.5) is 5.69 Å². The molecule has 0 amide bonds. The van der Waals surface area contributed by atoms with Crippen LogP contribution in [0.5, 0.6) is 0 Å². The van der Waals surface area contributed by atoms with Gasteiger partial charge in [0.05, 0.1) is 24.9 Å². The summed E-state index contributed by atoms with van der Waals surface area (Å²) in [4.78, 5) is 14.1. The van der Waals surface area contributed by atoms with Gasteiger partial charge in [-0.3, -0.25) is 4.90 Å². The van der Waals surface area contributed by atoms with Crippen LogP contribution in [0.2, 0.25) is 0 Å². The minimum Gasteiger partial charge on any atom is -0.459 e. The molecule has 0 bridgehead atoms. The molecule has 1 heterocycles. The molecule has 0 atom stereocenters. The zero-order valence-corrected chi connectivity index (χ0v) is 15.0.